The molecule has 0 saturated heterocycles. The first-order chi connectivity index (χ1) is 9.97. The Bertz CT molecular complexity index is 604. The first-order valence-electron chi connectivity index (χ1n) is 7.16. The van der Waals surface area contributed by atoms with Gasteiger partial charge in [-0.15, -0.1) is 0 Å². The maximum absolute atomic E-state index is 12.8. The zero-order valence-corrected chi connectivity index (χ0v) is 13.1. The summed E-state index contributed by atoms with van der Waals surface area (Å²) in [5.41, 5.74) is 2.56. The van der Waals surface area contributed by atoms with E-state index in [1.165, 1.54) is 0 Å². The average Bonchev–Trinajstić information content (AvgIpc) is 2.77. The molecule has 0 radical (unpaired) electrons. The number of carbonyl (C=O) groups excluding carboxylic acids is 1. The summed E-state index contributed by atoms with van der Waals surface area (Å²) in [5.74, 6) is 0.425. The number of amides is 1. The highest BCUT2D eigenvalue weighted by molar-refractivity contribution is 5.92. The molecule has 5 nitrogen and oxygen atoms in total. The first kappa shape index (κ1) is 15.2. The molecule has 0 fully saturated rings. The van der Waals surface area contributed by atoms with Crippen molar-refractivity contribution in [3.63, 3.8) is 0 Å². The van der Waals surface area contributed by atoms with Crippen LogP contribution in [0.5, 0.6) is 0 Å². The predicted molar refractivity (Wildman–Crippen MR) is 81.8 cm³/mol. The second kappa shape index (κ2) is 6.52. The van der Waals surface area contributed by atoms with Gasteiger partial charge in [-0.2, -0.15) is 5.10 Å². The summed E-state index contributed by atoms with van der Waals surface area (Å²) in [6.45, 7) is 7.42. The van der Waals surface area contributed by atoms with Gasteiger partial charge in [0.15, 0.2) is 0 Å². The first-order valence-corrected chi connectivity index (χ1v) is 7.16. The van der Waals surface area contributed by atoms with Crippen LogP contribution in [0, 0.1) is 12.8 Å². The molecule has 0 aliphatic carbocycles. The largest absolute Gasteiger partial charge is 0.333 e. The monoisotopic (exact) mass is 286 g/mol. The van der Waals surface area contributed by atoms with Crippen molar-refractivity contribution in [1.82, 2.24) is 19.7 Å². The molecule has 0 aromatic carbocycles. The van der Waals surface area contributed by atoms with Gasteiger partial charge in [-0.3, -0.25) is 14.5 Å². The van der Waals surface area contributed by atoms with Crippen molar-refractivity contribution >= 4 is 5.91 Å². The predicted octanol–water partition coefficient (Wildman–Crippen LogP) is 2.42. The molecule has 0 aliphatic rings. The summed E-state index contributed by atoms with van der Waals surface area (Å²) in [6.07, 6.45) is 3.50. The van der Waals surface area contributed by atoms with Gasteiger partial charge in [0.1, 0.15) is 5.69 Å². The van der Waals surface area contributed by atoms with Crippen LogP contribution in [0.3, 0.4) is 0 Å². The van der Waals surface area contributed by atoms with Crippen LogP contribution >= 0.6 is 0 Å². The van der Waals surface area contributed by atoms with Gasteiger partial charge in [0.25, 0.3) is 5.91 Å². The highest BCUT2D eigenvalue weighted by atomic mass is 16.2. The summed E-state index contributed by atoms with van der Waals surface area (Å²) in [7, 11) is 1.81. The molecule has 0 spiro atoms. The van der Waals surface area contributed by atoms with Crippen LogP contribution in [0.2, 0.25) is 0 Å². The van der Waals surface area contributed by atoms with Gasteiger partial charge in [-0.05, 0) is 36.6 Å². The molecular formula is C16H22N4O. The van der Waals surface area contributed by atoms with E-state index >= 15 is 0 Å². The maximum Gasteiger partial charge on any atom is 0.272 e. The molecule has 1 amide bonds. The Morgan fingerprint density at radius 1 is 1.33 bits per heavy atom. The summed E-state index contributed by atoms with van der Waals surface area (Å²) in [4.78, 5) is 18.7. The molecule has 0 atom stereocenters. The number of nitrogens with zero attached hydrogens (tertiary/aromatic N) is 4. The van der Waals surface area contributed by atoms with Crippen LogP contribution in [0.4, 0.5) is 0 Å². The van der Waals surface area contributed by atoms with Gasteiger partial charge < -0.3 is 4.90 Å². The van der Waals surface area contributed by atoms with Gasteiger partial charge in [-0.25, -0.2) is 0 Å². The van der Waals surface area contributed by atoms with Crippen LogP contribution in [-0.4, -0.2) is 32.1 Å². The molecule has 0 saturated carbocycles. The molecule has 2 aromatic heterocycles. The van der Waals surface area contributed by atoms with Gasteiger partial charge in [0.2, 0.25) is 0 Å². The van der Waals surface area contributed by atoms with E-state index in [0.29, 0.717) is 24.7 Å². The fourth-order valence-corrected chi connectivity index (χ4v) is 2.34. The lowest BCUT2D eigenvalue weighted by atomic mass is 10.1. The standard InChI is InChI=1S/C16H22N4O/c1-12(2)10-20(11-14-5-7-17-8-6-14)16(21)15-9-13(3)18-19(15)4/h5-9,12H,10-11H2,1-4H3. The Morgan fingerprint density at radius 2 is 2.00 bits per heavy atom. The van der Waals surface area contributed by atoms with Crippen LogP contribution in [-0.2, 0) is 13.6 Å². The van der Waals surface area contributed by atoms with Gasteiger partial charge >= 0.3 is 0 Å². The molecule has 0 N–H and O–H groups in total. The van der Waals surface area contributed by atoms with E-state index in [1.807, 2.05) is 30.0 Å². The molecule has 2 heterocycles. The van der Waals surface area contributed by atoms with Crippen molar-refractivity contribution in [3.8, 4) is 0 Å². The number of rotatable bonds is 5. The third-order valence-corrected chi connectivity index (χ3v) is 3.22. The second-order valence-electron chi connectivity index (χ2n) is 5.73. The fourth-order valence-electron chi connectivity index (χ4n) is 2.34. The Morgan fingerprint density at radius 3 is 2.52 bits per heavy atom. The SMILES string of the molecule is Cc1cc(C(=O)N(Cc2ccncc2)CC(C)C)n(C)n1. The minimum atomic E-state index is 0.0172. The van der Waals surface area contributed by atoms with Gasteiger partial charge in [0.05, 0.1) is 5.69 Å². The smallest absolute Gasteiger partial charge is 0.272 e. The number of carbonyl (C=O) groups is 1. The summed E-state index contributed by atoms with van der Waals surface area (Å²) >= 11 is 0. The second-order valence-corrected chi connectivity index (χ2v) is 5.73. The van der Waals surface area contributed by atoms with Crippen molar-refractivity contribution < 1.29 is 4.79 Å². The van der Waals surface area contributed by atoms with E-state index in [-0.39, 0.29) is 5.91 Å². The van der Waals surface area contributed by atoms with Gasteiger partial charge in [0, 0.05) is 32.5 Å². The van der Waals surface area contributed by atoms with Crippen molar-refractivity contribution in [3.05, 3.63) is 47.5 Å². The van der Waals surface area contributed by atoms with E-state index in [4.69, 9.17) is 0 Å². The van der Waals surface area contributed by atoms with E-state index in [2.05, 4.69) is 23.9 Å². The number of aromatic nitrogens is 3. The lowest BCUT2D eigenvalue weighted by Crippen LogP contribution is -2.34. The Kier molecular flexibility index (Phi) is 4.73. The Hall–Kier alpha value is -2.17. The minimum Gasteiger partial charge on any atom is -0.333 e. The average molecular weight is 286 g/mol. The molecule has 0 unspecified atom stereocenters. The van der Waals surface area contributed by atoms with Crippen LogP contribution in [0.15, 0.2) is 30.6 Å². The topological polar surface area (TPSA) is 51.0 Å². The van der Waals surface area contributed by atoms with E-state index in [0.717, 1.165) is 11.3 Å². The normalized spacial score (nSPS) is 10.9. The lowest BCUT2D eigenvalue weighted by molar-refractivity contribution is 0.0711. The molecule has 21 heavy (non-hydrogen) atoms. The van der Waals surface area contributed by atoms with Crippen LogP contribution < -0.4 is 0 Å². The molecule has 5 heteroatoms. The lowest BCUT2D eigenvalue weighted by Gasteiger charge is -2.24. The highest BCUT2D eigenvalue weighted by Crippen LogP contribution is 2.12. The summed E-state index contributed by atoms with van der Waals surface area (Å²) < 4.78 is 1.65. The molecule has 2 aromatic rings. The molecule has 2 rings (SSSR count). The zero-order valence-electron chi connectivity index (χ0n) is 13.1. The quantitative estimate of drug-likeness (QED) is 0.848. The fraction of sp³-hybridized carbons (Fsp3) is 0.438. The number of pyridine rings is 1. The van der Waals surface area contributed by atoms with Crippen molar-refractivity contribution in [1.29, 1.82) is 0 Å². The van der Waals surface area contributed by atoms with E-state index in [1.54, 1.807) is 24.1 Å². The minimum absolute atomic E-state index is 0.0172. The van der Waals surface area contributed by atoms with E-state index < -0.39 is 0 Å². The number of hydrogen-bond acceptors (Lipinski definition) is 3. The Balaban J connectivity index is 2.23. The summed E-state index contributed by atoms with van der Waals surface area (Å²) in [6, 6.07) is 5.71. The third kappa shape index (κ3) is 3.90. The highest BCUT2D eigenvalue weighted by Gasteiger charge is 2.20. The van der Waals surface area contributed by atoms with Crippen LogP contribution in [0.25, 0.3) is 0 Å². The van der Waals surface area contributed by atoms with Crippen molar-refractivity contribution in [2.75, 3.05) is 6.54 Å². The van der Waals surface area contributed by atoms with Crippen LogP contribution in [0.1, 0.15) is 35.6 Å². The summed E-state index contributed by atoms with van der Waals surface area (Å²) in [5, 5.41) is 4.26. The van der Waals surface area contributed by atoms with Crippen molar-refractivity contribution in [2.24, 2.45) is 13.0 Å². The Labute approximate surface area is 125 Å². The maximum atomic E-state index is 12.8. The number of aryl methyl sites for hydroxylation is 2. The van der Waals surface area contributed by atoms with Crippen molar-refractivity contribution in [2.45, 2.75) is 27.3 Å². The van der Waals surface area contributed by atoms with E-state index in [9.17, 15) is 4.79 Å². The molecule has 0 aliphatic heterocycles. The molecule has 112 valence electrons. The van der Waals surface area contributed by atoms with Gasteiger partial charge in [-0.1, -0.05) is 13.8 Å². The number of hydrogen-bond donors (Lipinski definition) is 0. The third-order valence-electron chi connectivity index (χ3n) is 3.22. The zero-order chi connectivity index (χ0) is 15.4. The molecular weight excluding hydrogens is 264 g/mol. The molecule has 0 bridgehead atoms.